The third-order valence-corrected chi connectivity index (χ3v) is 2.71. The van der Waals surface area contributed by atoms with Crippen LogP contribution in [0.5, 0.6) is 0 Å². The van der Waals surface area contributed by atoms with Gasteiger partial charge in [-0.05, 0) is 17.5 Å². The Morgan fingerprint density at radius 1 is 1.50 bits per heavy atom. The molecule has 0 radical (unpaired) electrons. The van der Waals surface area contributed by atoms with Gasteiger partial charge in [-0.2, -0.15) is 0 Å². The Kier molecular flexibility index (Phi) is 2.42. The van der Waals surface area contributed by atoms with Crippen molar-refractivity contribution >= 4 is 17.0 Å². The summed E-state index contributed by atoms with van der Waals surface area (Å²) in [5.74, 6) is -0.581. The number of nitrogens with zero attached hydrogens (tertiary/aromatic N) is 2. The van der Waals surface area contributed by atoms with Gasteiger partial charge < -0.3 is 9.67 Å². The number of hydrogen-bond acceptors (Lipinski definition) is 2. The lowest BCUT2D eigenvalue weighted by Gasteiger charge is -2.02. The van der Waals surface area contributed by atoms with Gasteiger partial charge in [-0.15, -0.1) is 0 Å². The molecule has 0 amide bonds. The summed E-state index contributed by atoms with van der Waals surface area (Å²) in [6.07, 6.45) is 3.41. The highest BCUT2D eigenvalue weighted by Crippen LogP contribution is 2.26. The summed E-state index contributed by atoms with van der Waals surface area (Å²) >= 11 is 0. The predicted octanol–water partition coefficient (Wildman–Crippen LogP) is 2.39. The number of rotatable bonds is 2. The first kappa shape index (κ1) is 10.7. The summed E-state index contributed by atoms with van der Waals surface area (Å²) in [5.41, 5.74) is 2.20. The van der Waals surface area contributed by atoms with Gasteiger partial charge in [-0.25, -0.2) is 9.78 Å². The van der Waals surface area contributed by atoms with Gasteiger partial charge in [-0.1, -0.05) is 13.8 Å². The van der Waals surface area contributed by atoms with Gasteiger partial charge in [0.2, 0.25) is 0 Å². The fourth-order valence-corrected chi connectivity index (χ4v) is 1.87. The van der Waals surface area contributed by atoms with Crippen LogP contribution in [-0.2, 0) is 7.05 Å². The Balaban J connectivity index is 2.74. The van der Waals surface area contributed by atoms with Crippen LogP contribution in [0.3, 0.4) is 0 Å². The minimum absolute atomic E-state index is 0.237. The normalized spacial score (nSPS) is 11.2. The minimum atomic E-state index is -0.937. The van der Waals surface area contributed by atoms with E-state index in [9.17, 15) is 4.79 Å². The molecule has 0 bridgehead atoms. The standard InChI is InChI=1S/C12H14N2O2/c1-7(2)10-6-14(3)11-9(10)4-8(5-13-11)12(15)16/h4-7H,1-3H3,(H,15,16). The van der Waals surface area contributed by atoms with Crippen molar-refractivity contribution in [1.29, 1.82) is 0 Å². The van der Waals surface area contributed by atoms with Gasteiger partial charge >= 0.3 is 5.97 Å². The molecule has 0 aromatic carbocycles. The summed E-state index contributed by atoms with van der Waals surface area (Å²) < 4.78 is 1.93. The van der Waals surface area contributed by atoms with E-state index in [1.165, 1.54) is 6.20 Å². The molecular formula is C12H14N2O2. The van der Waals surface area contributed by atoms with Crippen LogP contribution in [0.1, 0.15) is 35.7 Å². The largest absolute Gasteiger partial charge is 0.478 e. The number of aryl methyl sites for hydroxylation is 1. The van der Waals surface area contributed by atoms with Crippen LogP contribution >= 0.6 is 0 Å². The van der Waals surface area contributed by atoms with Crippen molar-refractivity contribution in [3.05, 3.63) is 29.6 Å². The first-order chi connectivity index (χ1) is 7.50. The molecule has 1 N–H and O–H groups in total. The van der Waals surface area contributed by atoms with Crippen molar-refractivity contribution in [2.75, 3.05) is 0 Å². The van der Waals surface area contributed by atoms with E-state index in [-0.39, 0.29) is 5.56 Å². The Morgan fingerprint density at radius 2 is 2.19 bits per heavy atom. The van der Waals surface area contributed by atoms with E-state index < -0.39 is 5.97 Å². The number of pyridine rings is 1. The van der Waals surface area contributed by atoms with E-state index in [0.29, 0.717) is 5.92 Å². The molecule has 2 rings (SSSR count). The molecule has 0 fully saturated rings. The van der Waals surface area contributed by atoms with E-state index in [1.807, 2.05) is 17.8 Å². The quantitative estimate of drug-likeness (QED) is 0.842. The summed E-state index contributed by atoms with van der Waals surface area (Å²) in [6.45, 7) is 4.17. The lowest BCUT2D eigenvalue weighted by atomic mass is 10.0. The summed E-state index contributed by atoms with van der Waals surface area (Å²) in [6, 6.07) is 1.69. The maximum absolute atomic E-state index is 10.9. The van der Waals surface area contributed by atoms with Crippen molar-refractivity contribution in [1.82, 2.24) is 9.55 Å². The number of carboxylic acids is 1. The Bertz CT molecular complexity index is 555. The maximum atomic E-state index is 10.9. The summed E-state index contributed by atoms with van der Waals surface area (Å²) in [4.78, 5) is 15.1. The number of carboxylic acid groups (broad SMARTS) is 1. The second kappa shape index (κ2) is 3.63. The lowest BCUT2D eigenvalue weighted by molar-refractivity contribution is 0.0696. The van der Waals surface area contributed by atoms with Gasteiger partial charge in [0.25, 0.3) is 0 Å². The summed E-state index contributed by atoms with van der Waals surface area (Å²) in [7, 11) is 1.92. The average Bonchev–Trinajstić information content (AvgIpc) is 2.56. The smallest absolute Gasteiger partial charge is 0.337 e. The van der Waals surface area contributed by atoms with E-state index in [0.717, 1.165) is 16.6 Å². The van der Waals surface area contributed by atoms with Crippen LogP contribution in [-0.4, -0.2) is 20.6 Å². The van der Waals surface area contributed by atoms with Crippen LogP contribution in [0, 0.1) is 0 Å². The molecule has 16 heavy (non-hydrogen) atoms. The minimum Gasteiger partial charge on any atom is -0.478 e. The third-order valence-electron chi connectivity index (χ3n) is 2.71. The molecule has 0 aliphatic rings. The highest BCUT2D eigenvalue weighted by atomic mass is 16.4. The van der Waals surface area contributed by atoms with Gasteiger partial charge in [0, 0.05) is 24.8 Å². The Morgan fingerprint density at radius 3 is 2.75 bits per heavy atom. The van der Waals surface area contributed by atoms with Crippen LogP contribution in [0.2, 0.25) is 0 Å². The first-order valence-electron chi connectivity index (χ1n) is 5.19. The van der Waals surface area contributed by atoms with E-state index >= 15 is 0 Å². The van der Waals surface area contributed by atoms with Crippen LogP contribution in [0.15, 0.2) is 18.5 Å². The van der Waals surface area contributed by atoms with Crippen LogP contribution in [0.4, 0.5) is 0 Å². The lowest BCUT2D eigenvalue weighted by Crippen LogP contribution is -1.98. The zero-order valence-electron chi connectivity index (χ0n) is 9.56. The fraction of sp³-hybridized carbons (Fsp3) is 0.333. The van der Waals surface area contributed by atoms with Crippen LogP contribution < -0.4 is 0 Å². The van der Waals surface area contributed by atoms with E-state index in [2.05, 4.69) is 18.8 Å². The van der Waals surface area contributed by atoms with Gasteiger partial charge in [0.05, 0.1) is 5.56 Å². The predicted molar refractivity (Wildman–Crippen MR) is 61.8 cm³/mol. The molecule has 4 nitrogen and oxygen atoms in total. The number of carbonyl (C=O) groups is 1. The second-order valence-corrected chi connectivity index (χ2v) is 4.25. The molecule has 2 heterocycles. The van der Waals surface area contributed by atoms with E-state index in [1.54, 1.807) is 6.07 Å². The van der Waals surface area contributed by atoms with Gasteiger partial charge in [0.1, 0.15) is 5.65 Å². The van der Waals surface area contributed by atoms with Crippen molar-refractivity contribution in [3.8, 4) is 0 Å². The fourth-order valence-electron chi connectivity index (χ4n) is 1.87. The van der Waals surface area contributed by atoms with Crippen molar-refractivity contribution in [2.24, 2.45) is 7.05 Å². The SMILES string of the molecule is CC(C)c1cn(C)c2ncc(C(=O)O)cc12. The molecule has 84 valence electrons. The van der Waals surface area contributed by atoms with Gasteiger partial charge in [-0.3, -0.25) is 0 Å². The molecule has 0 unspecified atom stereocenters. The number of aromatic nitrogens is 2. The molecule has 0 spiro atoms. The molecular weight excluding hydrogens is 204 g/mol. The molecule has 0 atom stereocenters. The first-order valence-corrected chi connectivity index (χ1v) is 5.19. The molecule has 0 saturated heterocycles. The van der Waals surface area contributed by atoms with Crippen LogP contribution in [0.25, 0.3) is 11.0 Å². The second-order valence-electron chi connectivity index (χ2n) is 4.25. The topological polar surface area (TPSA) is 55.1 Å². The Hall–Kier alpha value is -1.84. The Labute approximate surface area is 93.5 Å². The molecule has 2 aromatic rings. The highest BCUT2D eigenvalue weighted by Gasteiger charge is 2.13. The summed E-state index contributed by atoms with van der Waals surface area (Å²) in [5, 5.41) is 9.86. The zero-order valence-corrected chi connectivity index (χ0v) is 9.56. The molecule has 0 aliphatic heterocycles. The van der Waals surface area contributed by atoms with Gasteiger partial charge in [0.15, 0.2) is 0 Å². The number of hydrogen-bond donors (Lipinski definition) is 1. The monoisotopic (exact) mass is 218 g/mol. The van der Waals surface area contributed by atoms with Crippen molar-refractivity contribution < 1.29 is 9.90 Å². The molecule has 0 saturated carbocycles. The molecule has 2 aromatic heterocycles. The third kappa shape index (κ3) is 1.56. The molecule has 0 aliphatic carbocycles. The van der Waals surface area contributed by atoms with Crippen molar-refractivity contribution in [3.63, 3.8) is 0 Å². The molecule has 4 heteroatoms. The maximum Gasteiger partial charge on any atom is 0.337 e. The zero-order chi connectivity index (χ0) is 11.9. The highest BCUT2D eigenvalue weighted by molar-refractivity contribution is 5.93. The number of aromatic carboxylic acids is 1. The average molecular weight is 218 g/mol. The van der Waals surface area contributed by atoms with E-state index in [4.69, 9.17) is 5.11 Å². The van der Waals surface area contributed by atoms with Crippen molar-refractivity contribution in [2.45, 2.75) is 19.8 Å². The number of fused-ring (bicyclic) bond motifs is 1.